The van der Waals surface area contributed by atoms with E-state index in [2.05, 4.69) is 4.74 Å². The number of aldehydes is 1. The fourth-order valence-corrected chi connectivity index (χ4v) is 0.371. The maximum absolute atomic E-state index is 10.5. The van der Waals surface area contributed by atoms with Gasteiger partial charge < -0.3 is 9.53 Å². The van der Waals surface area contributed by atoms with Gasteiger partial charge in [-0.25, -0.2) is 0 Å². The Morgan fingerprint density at radius 3 is 2.64 bits per heavy atom. The van der Waals surface area contributed by atoms with Crippen LogP contribution in [-0.4, -0.2) is 70.2 Å². The minimum absolute atomic E-state index is 0. The fraction of sp³-hybridized carbons (Fsp3) is 0.500. The number of nitrogens with zero attached hydrogens (tertiary/aromatic N) is 1. The van der Waals surface area contributed by atoms with Gasteiger partial charge in [-0.2, -0.15) is 5.26 Å². The first-order valence-electron chi connectivity index (χ1n) is 2.77. The van der Waals surface area contributed by atoms with Gasteiger partial charge in [-0.15, -0.1) is 0 Å². The Bertz CT molecular complexity index is 175. The Kier molecular flexibility index (Phi) is 10.5. The number of esters is 1. The number of hydrogen-bond donors (Lipinski definition) is 0. The second-order valence-electron chi connectivity index (χ2n) is 1.49. The summed E-state index contributed by atoms with van der Waals surface area (Å²) in [6.07, 6.45) is 0.262. The second-order valence-corrected chi connectivity index (χ2v) is 1.49. The summed E-state index contributed by atoms with van der Waals surface area (Å²) in [4.78, 5) is 20.5. The predicted octanol–water partition coefficient (Wildman–Crippen LogP) is -0.760. The molecule has 0 aliphatic rings. The number of carbonyl (C=O) groups is 2. The Balaban J connectivity index is 0. The van der Waals surface area contributed by atoms with Gasteiger partial charge in [-0.3, -0.25) is 4.79 Å². The average molecular weight is 181 g/mol. The van der Waals surface area contributed by atoms with Gasteiger partial charge >= 0.3 is 57.4 Å². The Morgan fingerprint density at radius 2 is 2.36 bits per heavy atom. The summed E-state index contributed by atoms with van der Waals surface area (Å²) in [6.45, 7) is 1.79. The minimum atomic E-state index is -1.26. The molecule has 0 aromatic carbocycles. The molecule has 0 aliphatic carbocycles. The average Bonchev–Trinajstić information content (AvgIpc) is 1.91. The zero-order valence-corrected chi connectivity index (χ0v) is 5.53. The zero-order valence-electron chi connectivity index (χ0n) is 5.53. The first-order valence-corrected chi connectivity index (χ1v) is 2.77. The van der Waals surface area contributed by atoms with E-state index in [1.165, 1.54) is 6.07 Å². The van der Waals surface area contributed by atoms with E-state index in [4.69, 9.17) is 5.26 Å². The molecule has 1 unspecified atom stereocenters. The number of nitriles is 1. The van der Waals surface area contributed by atoms with Crippen molar-refractivity contribution in [3.8, 4) is 6.07 Å². The topological polar surface area (TPSA) is 67.2 Å². The molecule has 0 bridgehead atoms. The molecule has 0 radical (unpaired) electrons. The molecule has 56 valence electrons. The molecule has 0 N–H and O–H groups in total. The van der Waals surface area contributed by atoms with Crippen LogP contribution in [0.1, 0.15) is 6.92 Å². The molecule has 11 heavy (non-hydrogen) atoms. The normalized spacial score (nSPS) is 10.2. The van der Waals surface area contributed by atoms with E-state index in [0.717, 1.165) is 0 Å². The molecule has 4 nitrogen and oxygen atoms in total. The third-order valence-electron chi connectivity index (χ3n) is 0.816. The van der Waals surface area contributed by atoms with E-state index in [9.17, 15) is 9.59 Å². The molecular weight excluding hydrogens is 173 g/mol. The van der Waals surface area contributed by atoms with Crippen LogP contribution in [0.5, 0.6) is 0 Å². The van der Waals surface area contributed by atoms with Crippen LogP contribution in [0.25, 0.3) is 0 Å². The Labute approximate surface area is 107 Å². The SMILES string of the molecule is CCOC(=O)C(C#N)C=O.[KH]. The van der Waals surface area contributed by atoms with Crippen LogP contribution in [0.15, 0.2) is 0 Å². The molecule has 0 saturated heterocycles. The van der Waals surface area contributed by atoms with Crippen molar-refractivity contribution >= 4 is 63.6 Å². The summed E-state index contributed by atoms with van der Waals surface area (Å²) >= 11 is 0. The van der Waals surface area contributed by atoms with E-state index >= 15 is 0 Å². The molecular formula is C6H8KNO3. The van der Waals surface area contributed by atoms with Crippen LogP contribution < -0.4 is 0 Å². The predicted molar refractivity (Wildman–Crippen MR) is 38.9 cm³/mol. The molecule has 0 fully saturated rings. The third-order valence-corrected chi connectivity index (χ3v) is 0.816. The van der Waals surface area contributed by atoms with Crippen LogP contribution in [0.3, 0.4) is 0 Å². The van der Waals surface area contributed by atoms with Crippen molar-refractivity contribution in [1.29, 1.82) is 5.26 Å². The van der Waals surface area contributed by atoms with Crippen molar-refractivity contribution in [3.63, 3.8) is 0 Å². The number of rotatable bonds is 3. The van der Waals surface area contributed by atoms with Crippen molar-refractivity contribution in [3.05, 3.63) is 0 Å². The summed E-state index contributed by atoms with van der Waals surface area (Å²) in [5.74, 6) is -2.04. The summed E-state index contributed by atoms with van der Waals surface area (Å²) < 4.78 is 4.39. The van der Waals surface area contributed by atoms with Gasteiger partial charge in [0.15, 0.2) is 5.92 Å². The molecule has 5 heteroatoms. The van der Waals surface area contributed by atoms with E-state index in [0.29, 0.717) is 0 Å². The monoisotopic (exact) mass is 181 g/mol. The molecule has 0 aromatic heterocycles. The van der Waals surface area contributed by atoms with Crippen molar-refractivity contribution in [2.45, 2.75) is 6.92 Å². The van der Waals surface area contributed by atoms with Crippen molar-refractivity contribution in [2.75, 3.05) is 6.61 Å². The third kappa shape index (κ3) is 5.53. The Hall–Kier alpha value is 0.266. The van der Waals surface area contributed by atoms with Crippen molar-refractivity contribution < 1.29 is 14.3 Å². The van der Waals surface area contributed by atoms with Crippen molar-refractivity contribution in [2.24, 2.45) is 5.92 Å². The molecule has 0 spiro atoms. The summed E-state index contributed by atoms with van der Waals surface area (Å²) in [6, 6.07) is 1.49. The molecule has 0 heterocycles. The van der Waals surface area contributed by atoms with Crippen LogP contribution >= 0.6 is 0 Å². The number of carbonyl (C=O) groups excluding carboxylic acids is 2. The maximum atomic E-state index is 10.5. The summed E-state index contributed by atoms with van der Waals surface area (Å²) in [5, 5.41) is 8.14. The molecule has 1 atom stereocenters. The molecule has 0 aliphatic heterocycles. The Morgan fingerprint density at radius 1 is 1.82 bits per heavy atom. The van der Waals surface area contributed by atoms with E-state index < -0.39 is 11.9 Å². The van der Waals surface area contributed by atoms with Crippen LogP contribution in [0, 0.1) is 17.2 Å². The first kappa shape index (κ1) is 13.8. The summed E-state index contributed by atoms with van der Waals surface area (Å²) in [5.41, 5.74) is 0. The van der Waals surface area contributed by atoms with Gasteiger partial charge in [0.2, 0.25) is 0 Å². The quantitative estimate of drug-likeness (QED) is 0.248. The van der Waals surface area contributed by atoms with Gasteiger partial charge in [0.05, 0.1) is 12.7 Å². The molecule has 0 amide bonds. The standard InChI is InChI=1S/C6H7NO3.K.H/c1-2-10-6(9)5(3-7)4-8;;/h4-5H,2H2,1H3;;. The van der Waals surface area contributed by atoms with E-state index in [-0.39, 0.29) is 64.3 Å². The molecule has 0 rings (SSSR count). The zero-order chi connectivity index (χ0) is 7.98. The van der Waals surface area contributed by atoms with Crippen LogP contribution in [-0.2, 0) is 14.3 Å². The van der Waals surface area contributed by atoms with E-state index in [1.807, 2.05) is 0 Å². The van der Waals surface area contributed by atoms with Crippen LogP contribution in [0.2, 0.25) is 0 Å². The van der Waals surface area contributed by atoms with Gasteiger partial charge in [0.1, 0.15) is 6.29 Å². The summed E-state index contributed by atoms with van der Waals surface area (Å²) in [7, 11) is 0. The van der Waals surface area contributed by atoms with Gasteiger partial charge in [0, 0.05) is 0 Å². The van der Waals surface area contributed by atoms with Crippen molar-refractivity contribution in [1.82, 2.24) is 0 Å². The van der Waals surface area contributed by atoms with Gasteiger partial charge in [0.25, 0.3) is 0 Å². The second kappa shape index (κ2) is 8.36. The van der Waals surface area contributed by atoms with E-state index in [1.54, 1.807) is 6.92 Å². The number of ether oxygens (including phenoxy) is 1. The van der Waals surface area contributed by atoms with Gasteiger partial charge in [-0.1, -0.05) is 0 Å². The fourth-order valence-electron chi connectivity index (χ4n) is 0.371. The molecule has 0 aromatic rings. The first-order chi connectivity index (χ1) is 4.76. The number of hydrogen-bond acceptors (Lipinski definition) is 4. The molecule has 0 saturated carbocycles. The van der Waals surface area contributed by atoms with Crippen LogP contribution in [0.4, 0.5) is 0 Å². The van der Waals surface area contributed by atoms with Gasteiger partial charge in [-0.05, 0) is 6.92 Å².